The number of nitrogens with one attached hydrogen (secondary N) is 2. The third kappa shape index (κ3) is 3.97. The van der Waals surface area contributed by atoms with Crippen LogP contribution < -0.4 is 15.5 Å². The molecular weight excluding hydrogens is 250 g/mol. The standard InChI is InChI=1S/C16H25N3O/c1-16(2,3)18-11-10-17-13-7-4-5-8-14(13)19-12-6-9-15(19)20/h4-5,7-8,17-18H,6,9-12H2,1-3H3. The van der Waals surface area contributed by atoms with E-state index in [1.54, 1.807) is 0 Å². The molecule has 2 N–H and O–H groups in total. The summed E-state index contributed by atoms with van der Waals surface area (Å²) in [7, 11) is 0. The molecule has 0 unspecified atom stereocenters. The molecular formula is C16H25N3O. The summed E-state index contributed by atoms with van der Waals surface area (Å²) in [6.45, 7) is 9.04. The second-order valence-corrected chi connectivity index (χ2v) is 6.27. The number of anilines is 2. The van der Waals surface area contributed by atoms with Crippen LogP contribution in [-0.4, -0.2) is 31.1 Å². The summed E-state index contributed by atoms with van der Waals surface area (Å²) in [5.41, 5.74) is 2.18. The van der Waals surface area contributed by atoms with Gasteiger partial charge in [-0.15, -0.1) is 0 Å². The van der Waals surface area contributed by atoms with Crippen LogP contribution in [0.3, 0.4) is 0 Å². The Bertz CT molecular complexity index is 465. The molecule has 4 nitrogen and oxygen atoms in total. The average Bonchev–Trinajstić information content (AvgIpc) is 2.80. The number of amides is 1. The third-order valence-corrected chi connectivity index (χ3v) is 3.36. The molecule has 1 aromatic carbocycles. The molecule has 1 heterocycles. The second-order valence-electron chi connectivity index (χ2n) is 6.27. The van der Waals surface area contributed by atoms with Crippen molar-refractivity contribution in [3.8, 4) is 0 Å². The Morgan fingerprint density at radius 1 is 1.20 bits per heavy atom. The Hall–Kier alpha value is -1.55. The summed E-state index contributed by atoms with van der Waals surface area (Å²) < 4.78 is 0. The van der Waals surface area contributed by atoms with Crippen LogP contribution in [0.1, 0.15) is 33.6 Å². The van der Waals surface area contributed by atoms with E-state index in [9.17, 15) is 4.79 Å². The molecule has 1 aliphatic rings. The van der Waals surface area contributed by atoms with E-state index in [1.165, 1.54) is 0 Å². The molecule has 1 amide bonds. The van der Waals surface area contributed by atoms with Crippen molar-refractivity contribution in [2.45, 2.75) is 39.2 Å². The zero-order valence-corrected chi connectivity index (χ0v) is 12.7. The summed E-state index contributed by atoms with van der Waals surface area (Å²) in [5.74, 6) is 0.229. The highest BCUT2D eigenvalue weighted by atomic mass is 16.2. The maximum atomic E-state index is 11.9. The molecule has 1 saturated heterocycles. The average molecular weight is 275 g/mol. The van der Waals surface area contributed by atoms with Crippen molar-refractivity contribution >= 4 is 17.3 Å². The summed E-state index contributed by atoms with van der Waals surface area (Å²) in [4.78, 5) is 13.8. The molecule has 1 aliphatic heterocycles. The maximum Gasteiger partial charge on any atom is 0.227 e. The van der Waals surface area contributed by atoms with E-state index in [0.717, 1.165) is 37.4 Å². The summed E-state index contributed by atoms with van der Waals surface area (Å²) in [6.07, 6.45) is 1.62. The Morgan fingerprint density at radius 2 is 1.95 bits per heavy atom. The van der Waals surface area contributed by atoms with Crippen molar-refractivity contribution in [2.75, 3.05) is 29.9 Å². The molecule has 0 bridgehead atoms. The Labute approximate surface area is 121 Å². The Kier molecular flexibility index (Phi) is 4.65. The minimum atomic E-state index is 0.131. The van der Waals surface area contributed by atoms with Gasteiger partial charge in [-0.3, -0.25) is 4.79 Å². The van der Waals surface area contributed by atoms with Crippen LogP contribution in [0.4, 0.5) is 11.4 Å². The number of carbonyl (C=O) groups excluding carboxylic acids is 1. The van der Waals surface area contributed by atoms with Gasteiger partial charge >= 0.3 is 0 Å². The van der Waals surface area contributed by atoms with Crippen molar-refractivity contribution in [1.29, 1.82) is 0 Å². The number of hydrogen-bond donors (Lipinski definition) is 2. The van der Waals surface area contributed by atoms with Crippen LogP contribution in [0.2, 0.25) is 0 Å². The number of rotatable bonds is 5. The van der Waals surface area contributed by atoms with Crippen molar-refractivity contribution in [2.24, 2.45) is 0 Å². The van der Waals surface area contributed by atoms with Crippen LogP contribution in [0.25, 0.3) is 0 Å². The minimum absolute atomic E-state index is 0.131. The molecule has 110 valence electrons. The lowest BCUT2D eigenvalue weighted by Gasteiger charge is -2.23. The number of para-hydroxylation sites is 2. The first-order valence-electron chi connectivity index (χ1n) is 7.36. The van der Waals surface area contributed by atoms with Gasteiger partial charge in [-0.25, -0.2) is 0 Å². The lowest BCUT2D eigenvalue weighted by Crippen LogP contribution is -2.38. The monoisotopic (exact) mass is 275 g/mol. The molecule has 0 aromatic heterocycles. The fourth-order valence-corrected chi connectivity index (χ4v) is 2.40. The van der Waals surface area contributed by atoms with E-state index in [2.05, 4.69) is 31.4 Å². The summed E-state index contributed by atoms with van der Waals surface area (Å²) in [5, 5.41) is 6.87. The van der Waals surface area contributed by atoms with Gasteiger partial charge in [-0.1, -0.05) is 12.1 Å². The smallest absolute Gasteiger partial charge is 0.227 e. The van der Waals surface area contributed by atoms with E-state index >= 15 is 0 Å². The predicted molar refractivity (Wildman–Crippen MR) is 84.3 cm³/mol. The van der Waals surface area contributed by atoms with Crippen molar-refractivity contribution < 1.29 is 4.79 Å². The first kappa shape index (κ1) is 14.9. The largest absolute Gasteiger partial charge is 0.382 e. The SMILES string of the molecule is CC(C)(C)NCCNc1ccccc1N1CCCC1=O. The fourth-order valence-electron chi connectivity index (χ4n) is 2.40. The number of nitrogens with zero attached hydrogens (tertiary/aromatic N) is 1. The fraction of sp³-hybridized carbons (Fsp3) is 0.562. The highest BCUT2D eigenvalue weighted by Crippen LogP contribution is 2.29. The third-order valence-electron chi connectivity index (χ3n) is 3.36. The molecule has 20 heavy (non-hydrogen) atoms. The molecule has 4 heteroatoms. The first-order valence-corrected chi connectivity index (χ1v) is 7.36. The quantitative estimate of drug-likeness (QED) is 0.812. The van der Waals surface area contributed by atoms with Gasteiger partial charge in [0.1, 0.15) is 0 Å². The molecule has 0 atom stereocenters. The molecule has 1 aromatic rings. The highest BCUT2D eigenvalue weighted by molar-refractivity contribution is 5.98. The van der Waals surface area contributed by atoms with E-state index in [0.29, 0.717) is 6.42 Å². The topological polar surface area (TPSA) is 44.4 Å². The molecule has 2 rings (SSSR count). The minimum Gasteiger partial charge on any atom is -0.382 e. The van der Waals surface area contributed by atoms with Gasteiger partial charge in [0.2, 0.25) is 5.91 Å². The highest BCUT2D eigenvalue weighted by Gasteiger charge is 2.23. The van der Waals surface area contributed by atoms with E-state index in [1.807, 2.05) is 29.2 Å². The van der Waals surface area contributed by atoms with Gasteiger partial charge in [-0.2, -0.15) is 0 Å². The molecule has 0 spiro atoms. The zero-order chi connectivity index (χ0) is 14.6. The van der Waals surface area contributed by atoms with Gasteiger partial charge in [0.25, 0.3) is 0 Å². The predicted octanol–water partition coefficient (Wildman–Crippen LogP) is 2.61. The van der Waals surface area contributed by atoms with E-state index < -0.39 is 0 Å². The number of carbonyl (C=O) groups is 1. The molecule has 1 fully saturated rings. The van der Waals surface area contributed by atoms with Crippen molar-refractivity contribution in [3.63, 3.8) is 0 Å². The number of hydrogen-bond acceptors (Lipinski definition) is 3. The second kappa shape index (κ2) is 6.27. The van der Waals surface area contributed by atoms with E-state index in [4.69, 9.17) is 0 Å². The lowest BCUT2D eigenvalue weighted by molar-refractivity contribution is -0.117. The zero-order valence-electron chi connectivity index (χ0n) is 12.7. The normalized spacial score (nSPS) is 15.8. The lowest BCUT2D eigenvalue weighted by atomic mass is 10.1. The van der Waals surface area contributed by atoms with Gasteiger partial charge in [0.15, 0.2) is 0 Å². The van der Waals surface area contributed by atoms with Crippen molar-refractivity contribution in [3.05, 3.63) is 24.3 Å². The molecule has 0 saturated carbocycles. The summed E-state index contributed by atoms with van der Waals surface area (Å²) in [6, 6.07) is 8.05. The van der Waals surface area contributed by atoms with E-state index in [-0.39, 0.29) is 11.4 Å². The summed E-state index contributed by atoms with van der Waals surface area (Å²) >= 11 is 0. The van der Waals surface area contributed by atoms with Gasteiger partial charge in [-0.05, 0) is 39.3 Å². The van der Waals surface area contributed by atoms with Gasteiger partial charge in [0.05, 0.1) is 11.4 Å². The molecule has 0 aliphatic carbocycles. The Morgan fingerprint density at radius 3 is 2.60 bits per heavy atom. The number of benzene rings is 1. The van der Waals surface area contributed by atoms with Crippen LogP contribution in [0.5, 0.6) is 0 Å². The van der Waals surface area contributed by atoms with Gasteiger partial charge in [0, 0.05) is 31.6 Å². The van der Waals surface area contributed by atoms with Crippen LogP contribution in [-0.2, 0) is 4.79 Å². The first-order chi connectivity index (χ1) is 9.47. The van der Waals surface area contributed by atoms with Crippen LogP contribution in [0.15, 0.2) is 24.3 Å². The van der Waals surface area contributed by atoms with Crippen LogP contribution in [0, 0.1) is 0 Å². The van der Waals surface area contributed by atoms with Crippen LogP contribution >= 0.6 is 0 Å². The molecule has 0 radical (unpaired) electrons. The maximum absolute atomic E-state index is 11.9. The Balaban J connectivity index is 1.96. The van der Waals surface area contributed by atoms with Crippen molar-refractivity contribution in [1.82, 2.24) is 5.32 Å². The van der Waals surface area contributed by atoms with Gasteiger partial charge < -0.3 is 15.5 Å².